The summed E-state index contributed by atoms with van der Waals surface area (Å²) in [5.74, 6) is 1.03. The molecule has 0 radical (unpaired) electrons. The number of aromatic nitrogens is 1. The van der Waals surface area contributed by atoms with E-state index in [-0.39, 0.29) is 0 Å². The summed E-state index contributed by atoms with van der Waals surface area (Å²) in [5, 5.41) is 6.66. The smallest absolute Gasteiger partial charge is 0.103 e. The quantitative estimate of drug-likeness (QED) is 0.819. The molecule has 0 aliphatic rings. The molecule has 0 bridgehead atoms. The Kier molecular flexibility index (Phi) is 4.77. The first kappa shape index (κ1) is 11.0. The SMILES string of the molecule is CCC(NC)c1csc(CSC)n1. The second kappa shape index (κ2) is 5.62. The van der Waals surface area contributed by atoms with Crippen molar-refractivity contribution in [2.75, 3.05) is 13.3 Å². The van der Waals surface area contributed by atoms with Crippen LogP contribution in [0.4, 0.5) is 0 Å². The van der Waals surface area contributed by atoms with E-state index in [1.165, 1.54) is 10.7 Å². The maximum atomic E-state index is 4.58. The summed E-state index contributed by atoms with van der Waals surface area (Å²) in [7, 11) is 1.99. The van der Waals surface area contributed by atoms with E-state index in [9.17, 15) is 0 Å². The molecular weight excluding hydrogens is 200 g/mol. The lowest BCUT2D eigenvalue weighted by Gasteiger charge is -2.09. The topological polar surface area (TPSA) is 24.9 Å². The Balaban J connectivity index is 2.66. The van der Waals surface area contributed by atoms with Gasteiger partial charge in [0.05, 0.1) is 5.69 Å². The van der Waals surface area contributed by atoms with Crippen molar-refractivity contribution in [2.45, 2.75) is 25.1 Å². The van der Waals surface area contributed by atoms with Gasteiger partial charge in [-0.3, -0.25) is 0 Å². The minimum Gasteiger partial charge on any atom is -0.312 e. The van der Waals surface area contributed by atoms with Crippen molar-refractivity contribution in [3.63, 3.8) is 0 Å². The van der Waals surface area contributed by atoms with E-state index in [4.69, 9.17) is 0 Å². The zero-order valence-electron chi connectivity index (χ0n) is 8.33. The molecule has 1 atom stereocenters. The molecule has 2 nitrogen and oxygen atoms in total. The number of nitrogens with one attached hydrogen (secondary N) is 1. The first-order chi connectivity index (χ1) is 6.31. The normalized spacial score (nSPS) is 13.2. The first-order valence-corrected chi connectivity index (χ1v) is 6.69. The Bertz CT molecular complexity index is 244. The van der Waals surface area contributed by atoms with Crippen LogP contribution in [0.1, 0.15) is 30.1 Å². The zero-order valence-corrected chi connectivity index (χ0v) is 9.97. The van der Waals surface area contributed by atoms with Gasteiger partial charge < -0.3 is 5.32 Å². The van der Waals surface area contributed by atoms with Gasteiger partial charge in [0.1, 0.15) is 5.01 Å². The van der Waals surface area contributed by atoms with Crippen molar-refractivity contribution in [2.24, 2.45) is 0 Å². The fraction of sp³-hybridized carbons (Fsp3) is 0.667. The third kappa shape index (κ3) is 2.97. The van der Waals surface area contributed by atoms with Gasteiger partial charge in [-0.1, -0.05) is 6.92 Å². The highest BCUT2D eigenvalue weighted by Crippen LogP contribution is 2.21. The van der Waals surface area contributed by atoms with E-state index < -0.39 is 0 Å². The number of nitrogens with zero attached hydrogens (tertiary/aromatic N) is 1. The van der Waals surface area contributed by atoms with Crippen LogP contribution in [0, 0.1) is 0 Å². The minimum atomic E-state index is 0.423. The average Bonchev–Trinajstić information content (AvgIpc) is 2.56. The Labute approximate surface area is 88.2 Å². The van der Waals surface area contributed by atoms with Gasteiger partial charge in [0.25, 0.3) is 0 Å². The van der Waals surface area contributed by atoms with Gasteiger partial charge in [-0.25, -0.2) is 4.98 Å². The fourth-order valence-corrected chi connectivity index (χ4v) is 2.81. The summed E-state index contributed by atoms with van der Waals surface area (Å²) in [4.78, 5) is 4.58. The summed E-state index contributed by atoms with van der Waals surface area (Å²) in [6, 6.07) is 0.423. The highest BCUT2D eigenvalue weighted by molar-refractivity contribution is 7.97. The highest BCUT2D eigenvalue weighted by atomic mass is 32.2. The molecule has 0 saturated carbocycles. The van der Waals surface area contributed by atoms with Crippen molar-refractivity contribution in [1.82, 2.24) is 10.3 Å². The van der Waals surface area contributed by atoms with Crippen LogP contribution in [0.3, 0.4) is 0 Å². The van der Waals surface area contributed by atoms with E-state index in [1.807, 2.05) is 18.8 Å². The molecule has 0 aliphatic heterocycles. The molecule has 1 N–H and O–H groups in total. The van der Waals surface area contributed by atoms with E-state index in [1.54, 1.807) is 11.3 Å². The molecule has 4 heteroatoms. The Morgan fingerprint density at radius 3 is 3.00 bits per heavy atom. The number of hydrogen-bond acceptors (Lipinski definition) is 4. The molecule has 1 rings (SSSR count). The first-order valence-electron chi connectivity index (χ1n) is 4.42. The second-order valence-corrected chi connectivity index (χ2v) is 4.66. The minimum absolute atomic E-state index is 0.423. The van der Waals surface area contributed by atoms with Crippen molar-refractivity contribution in [3.8, 4) is 0 Å². The maximum Gasteiger partial charge on any atom is 0.103 e. The van der Waals surface area contributed by atoms with Gasteiger partial charge in [0, 0.05) is 17.2 Å². The predicted molar refractivity (Wildman–Crippen MR) is 61.4 cm³/mol. The standard InChI is InChI=1S/C9H16N2S2/c1-4-7(10-2)8-5-13-9(11-8)6-12-3/h5,7,10H,4,6H2,1-3H3. The van der Waals surface area contributed by atoms with Gasteiger partial charge >= 0.3 is 0 Å². The van der Waals surface area contributed by atoms with Gasteiger partial charge in [-0.05, 0) is 19.7 Å². The molecule has 0 amide bonds. The van der Waals surface area contributed by atoms with Crippen LogP contribution < -0.4 is 5.32 Å². The molecule has 1 unspecified atom stereocenters. The average molecular weight is 216 g/mol. The van der Waals surface area contributed by atoms with Crippen molar-refractivity contribution in [3.05, 3.63) is 16.1 Å². The van der Waals surface area contributed by atoms with E-state index in [2.05, 4.69) is 28.9 Å². The lowest BCUT2D eigenvalue weighted by atomic mass is 10.2. The second-order valence-electron chi connectivity index (χ2n) is 2.85. The molecule has 13 heavy (non-hydrogen) atoms. The molecule has 74 valence electrons. The summed E-state index contributed by atoms with van der Waals surface area (Å²) < 4.78 is 0. The summed E-state index contributed by atoms with van der Waals surface area (Å²) in [5.41, 5.74) is 1.19. The summed E-state index contributed by atoms with van der Waals surface area (Å²) >= 11 is 3.58. The number of thiazole rings is 1. The van der Waals surface area contributed by atoms with Crippen LogP contribution in [0.5, 0.6) is 0 Å². The number of thioether (sulfide) groups is 1. The van der Waals surface area contributed by atoms with Gasteiger partial charge in [-0.2, -0.15) is 11.8 Å². The number of rotatable bonds is 5. The largest absolute Gasteiger partial charge is 0.312 e. The third-order valence-corrected chi connectivity index (χ3v) is 3.56. The van der Waals surface area contributed by atoms with Crippen LogP contribution in [0.25, 0.3) is 0 Å². The molecule has 0 fully saturated rings. The van der Waals surface area contributed by atoms with E-state index in [0.29, 0.717) is 6.04 Å². The monoisotopic (exact) mass is 216 g/mol. The Morgan fingerprint density at radius 1 is 1.69 bits per heavy atom. The maximum absolute atomic E-state index is 4.58. The predicted octanol–water partition coefficient (Wildman–Crippen LogP) is 2.68. The van der Waals surface area contributed by atoms with Crippen molar-refractivity contribution in [1.29, 1.82) is 0 Å². The Hall–Kier alpha value is -0.0600. The summed E-state index contributed by atoms with van der Waals surface area (Å²) in [6.07, 6.45) is 3.20. The van der Waals surface area contributed by atoms with Crippen LogP contribution in [-0.4, -0.2) is 18.3 Å². The fourth-order valence-electron chi connectivity index (χ4n) is 1.24. The molecule has 0 aliphatic carbocycles. The van der Waals surface area contributed by atoms with Crippen molar-refractivity contribution < 1.29 is 0 Å². The highest BCUT2D eigenvalue weighted by Gasteiger charge is 2.10. The van der Waals surface area contributed by atoms with Crippen LogP contribution in [0.15, 0.2) is 5.38 Å². The lowest BCUT2D eigenvalue weighted by molar-refractivity contribution is 0.564. The lowest BCUT2D eigenvalue weighted by Crippen LogP contribution is -2.15. The molecule has 1 heterocycles. The zero-order chi connectivity index (χ0) is 9.68. The molecule has 0 aromatic carbocycles. The Morgan fingerprint density at radius 2 is 2.46 bits per heavy atom. The van der Waals surface area contributed by atoms with Crippen LogP contribution >= 0.6 is 23.1 Å². The molecule has 1 aromatic heterocycles. The molecule has 0 saturated heterocycles. The third-order valence-electron chi connectivity index (χ3n) is 1.95. The van der Waals surface area contributed by atoms with Gasteiger partial charge in [0.15, 0.2) is 0 Å². The van der Waals surface area contributed by atoms with Crippen molar-refractivity contribution >= 4 is 23.1 Å². The van der Waals surface area contributed by atoms with E-state index >= 15 is 0 Å². The molecular formula is C9H16N2S2. The van der Waals surface area contributed by atoms with Crippen LogP contribution in [-0.2, 0) is 5.75 Å². The molecule has 0 spiro atoms. The molecule has 1 aromatic rings. The van der Waals surface area contributed by atoms with Crippen LogP contribution in [0.2, 0.25) is 0 Å². The van der Waals surface area contributed by atoms with Gasteiger partial charge in [0.2, 0.25) is 0 Å². The summed E-state index contributed by atoms with van der Waals surface area (Å²) in [6.45, 7) is 2.18. The van der Waals surface area contributed by atoms with E-state index in [0.717, 1.165) is 12.2 Å². The van der Waals surface area contributed by atoms with Gasteiger partial charge in [-0.15, -0.1) is 11.3 Å². The number of hydrogen-bond donors (Lipinski definition) is 1.